The van der Waals surface area contributed by atoms with Gasteiger partial charge in [0.2, 0.25) is 5.91 Å². The lowest BCUT2D eigenvalue weighted by Gasteiger charge is -2.11. The highest BCUT2D eigenvalue weighted by molar-refractivity contribution is 8.00. The van der Waals surface area contributed by atoms with Gasteiger partial charge >= 0.3 is 0 Å². The summed E-state index contributed by atoms with van der Waals surface area (Å²) in [6.45, 7) is 6.35. The third kappa shape index (κ3) is 4.60. The summed E-state index contributed by atoms with van der Waals surface area (Å²) in [4.78, 5) is 48.4. The molecular formula is C22H22N6O3S2. The molecule has 0 aliphatic carbocycles. The van der Waals surface area contributed by atoms with Gasteiger partial charge in [0.05, 0.1) is 11.1 Å². The molecule has 0 saturated heterocycles. The van der Waals surface area contributed by atoms with Gasteiger partial charge in [-0.15, -0.1) is 11.3 Å². The molecule has 1 aromatic carbocycles. The molecule has 4 aromatic rings. The smallest absolute Gasteiger partial charge is 0.272 e. The van der Waals surface area contributed by atoms with Crippen LogP contribution in [0.2, 0.25) is 0 Å². The zero-order valence-electron chi connectivity index (χ0n) is 18.3. The van der Waals surface area contributed by atoms with Crippen LogP contribution in [-0.2, 0) is 11.3 Å². The minimum atomic E-state index is -0.594. The first-order valence-electron chi connectivity index (χ1n) is 10.3. The molecule has 170 valence electrons. The predicted molar refractivity (Wildman–Crippen MR) is 130 cm³/mol. The van der Waals surface area contributed by atoms with Gasteiger partial charge in [-0.1, -0.05) is 36.9 Å². The fourth-order valence-electron chi connectivity index (χ4n) is 3.38. The van der Waals surface area contributed by atoms with Crippen molar-refractivity contribution in [1.29, 1.82) is 0 Å². The maximum Gasteiger partial charge on any atom is 0.290 e. The molecule has 11 heteroatoms. The van der Waals surface area contributed by atoms with Crippen LogP contribution in [0.3, 0.4) is 0 Å². The number of hydrogen-bond donors (Lipinski definition) is 2. The van der Waals surface area contributed by atoms with Gasteiger partial charge < -0.3 is 0 Å². The van der Waals surface area contributed by atoms with E-state index in [9.17, 15) is 14.4 Å². The standard InChI is InChI=1S/C22H22N6O3S2/c1-4-9-28-22(31)15-8-6-5-7-14(15)18(27-28)19(30)26-25-16(29)10-32-20-17-12(2)13(3)33-21(17)24-11-23-20/h5-8,11H,4,9-10H2,1-3H3,(H,25,29)(H,26,30). The van der Waals surface area contributed by atoms with E-state index in [0.717, 1.165) is 25.7 Å². The average molecular weight is 483 g/mol. The third-order valence-corrected chi connectivity index (χ3v) is 7.21. The van der Waals surface area contributed by atoms with Gasteiger partial charge in [-0.25, -0.2) is 14.6 Å². The Morgan fingerprint density at radius 2 is 1.88 bits per heavy atom. The summed E-state index contributed by atoms with van der Waals surface area (Å²) < 4.78 is 1.28. The minimum Gasteiger partial charge on any atom is -0.272 e. The Hall–Kier alpha value is -3.31. The normalized spacial score (nSPS) is 11.1. The summed E-state index contributed by atoms with van der Waals surface area (Å²) in [6.07, 6.45) is 2.18. The number of benzene rings is 1. The molecule has 0 aliphatic rings. The summed E-state index contributed by atoms with van der Waals surface area (Å²) >= 11 is 2.87. The quantitative estimate of drug-likeness (QED) is 0.246. The van der Waals surface area contributed by atoms with Gasteiger partial charge in [-0.05, 0) is 31.9 Å². The van der Waals surface area contributed by atoms with Crippen LogP contribution in [-0.4, -0.2) is 37.3 Å². The maximum atomic E-state index is 12.8. The van der Waals surface area contributed by atoms with Crippen LogP contribution in [0, 0.1) is 13.8 Å². The predicted octanol–water partition coefficient (Wildman–Crippen LogP) is 2.98. The SMILES string of the molecule is CCCn1nc(C(=O)NNC(=O)CSc2ncnc3sc(C)c(C)c23)c2ccccc2c1=O. The Morgan fingerprint density at radius 1 is 1.12 bits per heavy atom. The highest BCUT2D eigenvalue weighted by atomic mass is 32.2. The lowest BCUT2D eigenvalue weighted by atomic mass is 10.1. The highest BCUT2D eigenvalue weighted by Gasteiger charge is 2.18. The van der Waals surface area contributed by atoms with Crippen LogP contribution in [0.15, 0.2) is 40.4 Å². The number of fused-ring (bicyclic) bond motifs is 2. The van der Waals surface area contributed by atoms with Crippen molar-refractivity contribution in [2.24, 2.45) is 0 Å². The van der Waals surface area contributed by atoms with Gasteiger partial charge in [-0.2, -0.15) is 5.10 Å². The Bertz CT molecular complexity index is 1430. The Morgan fingerprint density at radius 3 is 2.64 bits per heavy atom. The summed E-state index contributed by atoms with van der Waals surface area (Å²) in [5.41, 5.74) is 5.76. The molecule has 3 heterocycles. The molecule has 0 saturated carbocycles. The Kier molecular flexibility index (Phi) is 6.70. The van der Waals surface area contributed by atoms with Crippen LogP contribution in [0.4, 0.5) is 0 Å². The van der Waals surface area contributed by atoms with Crippen LogP contribution in [0.25, 0.3) is 21.0 Å². The topological polar surface area (TPSA) is 119 Å². The molecule has 0 bridgehead atoms. The number of hydrazine groups is 1. The second kappa shape index (κ2) is 9.67. The lowest BCUT2D eigenvalue weighted by molar-refractivity contribution is -0.119. The van der Waals surface area contributed by atoms with Gasteiger partial charge in [0, 0.05) is 22.2 Å². The van der Waals surface area contributed by atoms with Gasteiger partial charge in [0.1, 0.15) is 16.2 Å². The number of thiophene rings is 1. The number of hydrogen-bond acceptors (Lipinski definition) is 8. The number of aryl methyl sites for hydroxylation is 3. The lowest BCUT2D eigenvalue weighted by Crippen LogP contribution is -2.43. The second-order valence-corrected chi connectivity index (χ2v) is 9.52. The number of nitrogens with zero attached hydrogens (tertiary/aromatic N) is 4. The number of carbonyl (C=O) groups excluding carboxylic acids is 2. The van der Waals surface area contributed by atoms with E-state index in [2.05, 4.69) is 25.9 Å². The van der Waals surface area contributed by atoms with Gasteiger partial charge in [0.15, 0.2) is 5.69 Å². The summed E-state index contributed by atoms with van der Waals surface area (Å²) in [5.74, 6) is -0.927. The fraction of sp³-hybridized carbons (Fsp3) is 0.273. The zero-order chi connectivity index (χ0) is 23.5. The zero-order valence-corrected chi connectivity index (χ0v) is 20.0. The van der Waals surface area contributed by atoms with E-state index in [1.54, 1.807) is 35.6 Å². The third-order valence-electron chi connectivity index (χ3n) is 5.10. The van der Waals surface area contributed by atoms with Crippen LogP contribution >= 0.6 is 23.1 Å². The Balaban J connectivity index is 1.46. The summed E-state index contributed by atoms with van der Waals surface area (Å²) in [5, 5.41) is 6.74. The van der Waals surface area contributed by atoms with Crippen molar-refractivity contribution in [3.8, 4) is 0 Å². The molecule has 0 fully saturated rings. The molecule has 4 rings (SSSR count). The van der Waals surface area contributed by atoms with Crippen LogP contribution in [0.1, 0.15) is 34.3 Å². The first-order chi connectivity index (χ1) is 15.9. The number of rotatable bonds is 6. The van der Waals surface area contributed by atoms with Crippen molar-refractivity contribution in [3.05, 3.63) is 57.1 Å². The summed E-state index contributed by atoms with van der Waals surface area (Å²) in [6, 6.07) is 6.80. The molecule has 0 atom stereocenters. The minimum absolute atomic E-state index is 0.0598. The van der Waals surface area contributed by atoms with E-state index < -0.39 is 11.8 Å². The van der Waals surface area contributed by atoms with Crippen LogP contribution < -0.4 is 16.4 Å². The molecule has 33 heavy (non-hydrogen) atoms. The Labute approximate surface area is 197 Å². The molecule has 3 aromatic heterocycles. The summed E-state index contributed by atoms with van der Waals surface area (Å²) in [7, 11) is 0. The van der Waals surface area contributed by atoms with Crippen molar-refractivity contribution in [3.63, 3.8) is 0 Å². The number of aromatic nitrogens is 4. The first kappa shape index (κ1) is 22.9. The van der Waals surface area contributed by atoms with Gasteiger partial charge in [0.25, 0.3) is 11.5 Å². The highest BCUT2D eigenvalue weighted by Crippen LogP contribution is 2.34. The average Bonchev–Trinajstić information content (AvgIpc) is 3.12. The molecule has 0 spiro atoms. The van der Waals surface area contributed by atoms with E-state index in [1.165, 1.54) is 22.8 Å². The number of thioether (sulfide) groups is 1. The molecular weight excluding hydrogens is 460 g/mol. The molecule has 2 amide bonds. The monoisotopic (exact) mass is 482 g/mol. The van der Waals surface area contributed by atoms with Crippen molar-refractivity contribution >= 4 is 55.9 Å². The van der Waals surface area contributed by atoms with E-state index in [1.807, 2.05) is 20.8 Å². The number of amides is 2. The van der Waals surface area contributed by atoms with E-state index >= 15 is 0 Å². The fourth-order valence-corrected chi connectivity index (χ4v) is 5.30. The number of carbonyl (C=O) groups is 2. The molecule has 0 radical (unpaired) electrons. The van der Waals surface area contributed by atoms with Gasteiger partial charge in [-0.3, -0.25) is 25.2 Å². The van der Waals surface area contributed by atoms with Crippen molar-refractivity contribution in [1.82, 2.24) is 30.6 Å². The van der Waals surface area contributed by atoms with E-state index in [4.69, 9.17) is 0 Å². The maximum absolute atomic E-state index is 12.8. The largest absolute Gasteiger partial charge is 0.290 e. The number of nitrogens with one attached hydrogen (secondary N) is 2. The molecule has 0 unspecified atom stereocenters. The van der Waals surface area contributed by atoms with Crippen molar-refractivity contribution in [2.45, 2.75) is 38.8 Å². The molecule has 2 N–H and O–H groups in total. The van der Waals surface area contributed by atoms with E-state index in [0.29, 0.717) is 23.7 Å². The second-order valence-electron chi connectivity index (χ2n) is 7.36. The first-order valence-corrected chi connectivity index (χ1v) is 12.1. The molecule has 0 aliphatic heterocycles. The van der Waals surface area contributed by atoms with Crippen molar-refractivity contribution in [2.75, 3.05) is 5.75 Å². The van der Waals surface area contributed by atoms with Crippen LogP contribution in [0.5, 0.6) is 0 Å². The van der Waals surface area contributed by atoms with Crippen molar-refractivity contribution < 1.29 is 9.59 Å². The molecule has 9 nitrogen and oxygen atoms in total. The van der Waals surface area contributed by atoms with E-state index in [-0.39, 0.29) is 17.0 Å².